The molecule has 0 fully saturated rings. The fourth-order valence-electron chi connectivity index (χ4n) is 2.01. The lowest BCUT2D eigenvalue weighted by atomic mass is 10.1. The quantitative estimate of drug-likeness (QED) is 0.791. The van der Waals surface area contributed by atoms with Crippen molar-refractivity contribution in [2.75, 3.05) is 13.7 Å². The maximum absolute atomic E-state index is 12.2. The molecule has 1 heterocycles. The van der Waals surface area contributed by atoms with E-state index in [1.54, 1.807) is 33.1 Å². The van der Waals surface area contributed by atoms with Gasteiger partial charge < -0.3 is 9.47 Å². The fourth-order valence-corrected chi connectivity index (χ4v) is 2.01. The summed E-state index contributed by atoms with van der Waals surface area (Å²) in [6.45, 7) is 4.07. The first-order valence-electron chi connectivity index (χ1n) is 7.04. The summed E-state index contributed by atoms with van der Waals surface area (Å²) in [6, 6.07) is 8.69. The number of methoxy groups -OCH3 is 1. The molecule has 0 N–H and O–H groups in total. The Morgan fingerprint density at radius 2 is 1.91 bits per heavy atom. The molecule has 0 aliphatic heterocycles. The number of aryl methyl sites for hydroxylation is 1. The lowest BCUT2D eigenvalue weighted by molar-refractivity contribution is 0.0523. The first-order chi connectivity index (χ1) is 10.6. The van der Waals surface area contributed by atoms with Gasteiger partial charge in [-0.25, -0.2) is 9.48 Å². The molecule has 6 heteroatoms. The molecule has 0 radical (unpaired) electrons. The van der Waals surface area contributed by atoms with Crippen molar-refractivity contribution in [3.63, 3.8) is 0 Å². The number of hydrogen-bond acceptors (Lipinski definition) is 5. The summed E-state index contributed by atoms with van der Waals surface area (Å²) < 4.78 is 11.3. The molecule has 6 nitrogen and oxygen atoms in total. The second kappa shape index (κ2) is 6.89. The summed E-state index contributed by atoms with van der Waals surface area (Å²) in [5.74, 6) is 0.0880. The van der Waals surface area contributed by atoms with Crippen LogP contribution in [0.25, 0.3) is 11.3 Å². The van der Waals surface area contributed by atoms with Gasteiger partial charge in [0.15, 0.2) is 0 Å². The molecule has 0 atom stereocenters. The number of ether oxygens (including phenoxy) is 2. The third kappa shape index (κ3) is 3.16. The van der Waals surface area contributed by atoms with E-state index in [9.17, 15) is 9.59 Å². The van der Waals surface area contributed by atoms with Crippen molar-refractivity contribution in [1.29, 1.82) is 0 Å². The summed E-state index contributed by atoms with van der Waals surface area (Å²) in [6.07, 6.45) is 0. The maximum Gasteiger partial charge on any atom is 0.343 e. The molecule has 0 spiro atoms. The number of esters is 1. The van der Waals surface area contributed by atoms with Crippen molar-refractivity contribution in [3.8, 4) is 17.0 Å². The van der Waals surface area contributed by atoms with Gasteiger partial charge in [0.05, 0.1) is 19.4 Å². The molecular weight excluding hydrogens is 284 g/mol. The second-order valence-electron chi connectivity index (χ2n) is 4.51. The van der Waals surface area contributed by atoms with Crippen molar-refractivity contribution in [1.82, 2.24) is 9.78 Å². The van der Waals surface area contributed by atoms with E-state index in [4.69, 9.17) is 9.47 Å². The average Bonchev–Trinajstić information content (AvgIpc) is 2.55. The monoisotopic (exact) mass is 302 g/mol. The Balaban J connectivity index is 2.53. The lowest BCUT2D eigenvalue weighted by Gasteiger charge is -2.09. The number of rotatable bonds is 5. The standard InChI is InChI=1S/C16H18N2O4/c1-4-18-15(19)13(16(20)22-5-2)10-14(17-18)11-6-8-12(21-3)9-7-11/h6-10H,4-5H2,1-3H3. The van der Waals surface area contributed by atoms with Crippen molar-refractivity contribution in [3.05, 3.63) is 46.2 Å². The molecule has 116 valence electrons. The van der Waals surface area contributed by atoms with Gasteiger partial charge in [-0.3, -0.25) is 4.79 Å². The number of hydrogen-bond donors (Lipinski definition) is 0. The smallest absolute Gasteiger partial charge is 0.343 e. The van der Waals surface area contributed by atoms with Gasteiger partial charge in [0.2, 0.25) is 0 Å². The summed E-state index contributed by atoms with van der Waals surface area (Å²) in [7, 11) is 1.59. The highest BCUT2D eigenvalue weighted by atomic mass is 16.5. The topological polar surface area (TPSA) is 70.4 Å². The molecule has 0 unspecified atom stereocenters. The summed E-state index contributed by atoms with van der Waals surface area (Å²) in [4.78, 5) is 24.1. The summed E-state index contributed by atoms with van der Waals surface area (Å²) >= 11 is 0. The number of carbonyl (C=O) groups is 1. The largest absolute Gasteiger partial charge is 0.497 e. The van der Waals surface area contributed by atoms with Gasteiger partial charge in [-0.2, -0.15) is 5.10 Å². The molecular formula is C16H18N2O4. The third-order valence-corrected chi connectivity index (χ3v) is 3.16. The first kappa shape index (κ1) is 15.8. The van der Waals surface area contributed by atoms with Gasteiger partial charge >= 0.3 is 5.97 Å². The minimum Gasteiger partial charge on any atom is -0.497 e. The molecule has 2 rings (SSSR count). The van der Waals surface area contributed by atoms with Gasteiger partial charge in [-0.05, 0) is 44.2 Å². The van der Waals surface area contributed by atoms with E-state index < -0.39 is 11.5 Å². The highest BCUT2D eigenvalue weighted by molar-refractivity contribution is 5.90. The van der Waals surface area contributed by atoms with E-state index in [0.717, 1.165) is 11.3 Å². The van der Waals surface area contributed by atoms with Crippen LogP contribution in [0.2, 0.25) is 0 Å². The van der Waals surface area contributed by atoms with Crippen LogP contribution in [0.4, 0.5) is 0 Å². The van der Waals surface area contributed by atoms with Crippen LogP contribution in [0.3, 0.4) is 0 Å². The van der Waals surface area contributed by atoms with Crippen molar-refractivity contribution < 1.29 is 14.3 Å². The summed E-state index contributed by atoms with van der Waals surface area (Å²) in [5.41, 5.74) is 0.864. The number of benzene rings is 1. The van der Waals surface area contributed by atoms with E-state index in [-0.39, 0.29) is 12.2 Å². The predicted molar refractivity (Wildman–Crippen MR) is 82.1 cm³/mol. The van der Waals surface area contributed by atoms with Crippen LogP contribution >= 0.6 is 0 Å². The Labute approximate surface area is 128 Å². The second-order valence-corrected chi connectivity index (χ2v) is 4.51. The molecule has 0 aliphatic rings. The van der Waals surface area contributed by atoms with E-state index in [0.29, 0.717) is 12.2 Å². The van der Waals surface area contributed by atoms with E-state index in [2.05, 4.69) is 5.10 Å². The van der Waals surface area contributed by atoms with E-state index in [1.165, 1.54) is 10.7 Å². The van der Waals surface area contributed by atoms with E-state index in [1.807, 2.05) is 12.1 Å². The van der Waals surface area contributed by atoms with Crippen molar-refractivity contribution in [2.24, 2.45) is 0 Å². The van der Waals surface area contributed by atoms with Gasteiger partial charge in [-0.15, -0.1) is 0 Å². The zero-order valence-electron chi connectivity index (χ0n) is 12.8. The first-order valence-corrected chi connectivity index (χ1v) is 7.04. The molecule has 22 heavy (non-hydrogen) atoms. The molecule has 0 saturated carbocycles. The third-order valence-electron chi connectivity index (χ3n) is 3.16. The molecule has 1 aromatic carbocycles. The fraction of sp³-hybridized carbons (Fsp3) is 0.312. The summed E-state index contributed by atoms with van der Waals surface area (Å²) in [5, 5.41) is 4.28. The van der Waals surface area contributed by atoms with Crippen LogP contribution in [-0.4, -0.2) is 29.5 Å². The Kier molecular flexibility index (Phi) is 4.93. The molecule has 0 bridgehead atoms. The normalized spacial score (nSPS) is 10.3. The zero-order chi connectivity index (χ0) is 16.1. The van der Waals surface area contributed by atoms with Crippen LogP contribution in [0.15, 0.2) is 35.1 Å². The van der Waals surface area contributed by atoms with Crippen LogP contribution in [0.1, 0.15) is 24.2 Å². The van der Waals surface area contributed by atoms with Crippen LogP contribution < -0.4 is 10.3 Å². The lowest BCUT2D eigenvalue weighted by Crippen LogP contribution is -2.29. The van der Waals surface area contributed by atoms with Crippen molar-refractivity contribution >= 4 is 5.97 Å². The van der Waals surface area contributed by atoms with Gasteiger partial charge in [0.1, 0.15) is 11.3 Å². The van der Waals surface area contributed by atoms with Crippen LogP contribution in [-0.2, 0) is 11.3 Å². The van der Waals surface area contributed by atoms with Gasteiger partial charge in [0.25, 0.3) is 5.56 Å². The molecule has 0 saturated heterocycles. The molecule has 0 aliphatic carbocycles. The Morgan fingerprint density at radius 3 is 2.45 bits per heavy atom. The van der Waals surface area contributed by atoms with Crippen LogP contribution in [0.5, 0.6) is 5.75 Å². The minimum atomic E-state index is -0.633. The number of nitrogens with zero attached hydrogens (tertiary/aromatic N) is 2. The number of aromatic nitrogens is 2. The molecule has 1 aromatic heterocycles. The predicted octanol–water partition coefficient (Wildman–Crippen LogP) is 2.12. The highest BCUT2D eigenvalue weighted by Gasteiger charge is 2.16. The number of carbonyl (C=O) groups excluding carboxylic acids is 1. The Bertz CT molecular complexity index is 720. The van der Waals surface area contributed by atoms with Crippen LogP contribution in [0, 0.1) is 0 Å². The highest BCUT2D eigenvalue weighted by Crippen LogP contribution is 2.20. The van der Waals surface area contributed by atoms with E-state index >= 15 is 0 Å². The SMILES string of the molecule is CCOC(=O)c1cc(-c2ccc(OC)cc2)nn(CC)c1=O. The minimum absolute atomic E-state index is 0.00971. The Hall–Kier alpha value is -2.63. The average molecular weight is 302 g/mol. The van der Waals surface area contributed by atoms with Gasteiger partial charge in [0, 0.05) is 12.1 Å². The zero-order valence-corrected chi connectivity index (χ0v) is 12.8. The van der Waals surface area contributed by atoms with Gasteiger partial charge in [-0.1, -0.05) is 0 Å². The Morgan fingerprint density at radius 1 is 1.23 bits per heavy atom. The molecule has 0 amide bonds. The maximum atomic E-state index is 12.2. The van der Waals surface area contributed by atoms with Crippen molar-refractivity contribution in [2.45, 2.75) is 20.4 Å². The molecule has 2 aromatic rings.